The third-order valence-electron chi connectivity index (χ3n) is 7.51. The van der Waals surface area contributed by atoms with Crippen molar-refractivity contribution in [1.29, 1.82) is 0 Å². The van der Waals surface area contributed by atoms with Gasteiger partial charge in [-0.25, -0.2) is 0 Å². The van der Waals surface area contributed by atoms with Gasteiger partial charge in [0.2, 0.25) is 5.91 Å². The number of nitrogens with one attached hydrogen (secondary N) is 1. The number of carbonyl (C=O) groups is 1. The number of para-hydroxylation sites is 1. The van der Waals surface area contributed by atoms with Gasteiger partial charge in [-0.2, -0.15) is 0 Å². The molecule has 5 nitrogen and oxygen atoms in total. The summed E-state index contributed by atoms with van der Waals surface area (Å²) in [6.07, 6.45) is 6.08. The van der Waals surface area contributed by atoms with E-state index in [9.17, 15) is 4.79 Å². The van der Waals surface area contributed by atoms with Gasteiger partial charge in [0.1, 0.15) is 5.75 Å². The van der Waals surface area contributed by atoms with E-state index < -0.39 is 0 Å². The molecule has 1 atom stereocenters. The topological polar surface area (TPSA) is 56.1 Å². The molecule has 204 valence electrons. The van der Waals surface area contributed by atoms with Crippen molar-refractivity contribution in [1.82, 2.24) is 14.9 Å². The van der Waals surface area contributed by atoms with E-state index in [0.29, 0.717) is 13.0 Å². The van der Waals surface area contributed by atoms with Crippen molar-refractivity contribution < 1.29 is 9.53 Å². The van der Waals surface area contributed by atoms with Crippen LogP contribution in [0.5, 0.6) is 5.75 Å². The highest BCUT2D eigenvalue weighted by Crippen LogP contribution is 2.36. The number of hydrogen-bond acceptors (Lipinski definition) is 3. The van der Waals surface area contributed by atoms with Gasteiger partial charge in [-0.15, -0.1) is 0 Å². The predicted octanol–water partition coefficient (Wildman–Crippen LogP) is 7.23. The Balaban J connectivity index is 1.50. The Morgan fingerprint density at radius 3 is 2.27 bits per heavy atom. The smallest absolute Gasteiger partial charge is 0.221 e. The maximum atomic E-state index is 13.3. The summed E-state index contributed by atoms with van der Waals surface area (Å²) >= 11 is 0. The monoisotopic (exact) mass is 531 g/mol. The molecule has 0 aliphatic heterocycles. The fraction of sp³-hybridized carbons (Fsp3) is 0.257. The first-order valence-electron chi connectivity index (χ1n) is 13.8. The van der Waals surface area contributed by atoms with Crippen LogP contribution in [0.15, 0.2) is 104 Å². The molecule has 0 aliphatic carbocycles. The minimum absolute atomic E-state index is 0.0219. The Bertz CT molecular complexity index is 1560. The molecule has 5 heteroatoms. The maximum Gasteiger partial charge on any atom is 0.221 e. The van der Waals surface area contributed by atoms with Crippen LogP contribution >= 0.6 is 0 Å². The summed E-state index contributed by atoms with van der Waals surface area (Å²) in [5.74, 6) is 0.778. The lowest BCUT2D eigenvalue weighted by Gasteiger charge is -2.22. The molecule has 2 heterocycles. The molecule has 0 aliphatic rings. The van der Waals surface area contributed by atoms with Crippen LogP contribution in [0.3, 0.4) is 0 Å². The fourth-order valence-electron chi connectivity index (χ4n) is 5.19. The SMILES string of the molecule is COc1ccc(Cn2cc(C(CC(=O)NCc3ccncc3)c3ccc(C(C)(C)C)cc3)c3ccccc32)cc1. The van der Waals surface area contributed by atoms with Gasteiger partial charge in [0.15, 0.2) is 0 Å². The molecule has 1 amide bonds. The Morgan fingerprint density at radius 2 is 1.60 bits per heavy atom. The zero-order valence-electron chi connectivity index (χ0n) is 23.7. The predicted molar refractivity (Wildman–Crippen MR) is 162 cm³/mol. The van der Waals surface area contributed by atoms with Gasteiger partial charge >= 0.3 is 0 Å². The number of nitrogens with zero attached hydrogens (tertiary/aromatic N) is 2. The van der Waals surface area contributed by atoms with E-state index in [2.05, 4.69) is 102 Å². The number of amides is 1. The average molecular weight is 532 g/mol. The summed E-state index contributed by atoms with van der Waals surface area (Å²) in [5, 5.41) is 4.29. The summed E-state index contributed by atoms with van der Waals surface area (Å²) in [6, 6.07) is 29.3. The van der Waals surface area contributed by atoms with Crippen LogP contribution in [-0.2, 0) is 23.3 Å². The molecule has 1 unspecified atom stereocenters. The van der Waals surface area contributed by atoms with Gasteiger partial charge in [0, 0.05) is 54.9 Å². The quantitative estimate of drug-likeness (QED) is 0.218. The highest BCUT2D eigenvalue weighted by atomic mass is 16.5. The van der Waals surface area contributed by atoms with E-state index >= 15 is 0 Å². The minimum Gasteiger partial charge on any atom is -0.497 e. The molecule has 1 N–H and O–H groups in total. The van der Waals surface area contributed by atoms with Crippen molar-refractivity contribution in [3.8, 4) is 5.75 Å². The number of pyridine rings is 1. The molecule has 0 saturated carbocycles. The normalized spacial score (nSPS) is 12.3. The second-order valence-corrected chi connectivity index (χ2v) is 11.3. The van der Waals surface area contributed by atoms with Gasteiger partial charge in [-0.1, -0.05) is 75.4 Å². The number of carbonyl (C=O) groups excluding carboxylic acids is 1. The van der Waals surface area contributed by atoms with E-state index in [-0.39, 0.29) is 17.2 Å². The molecule has 0 spiro atoms. The Labute approximate surface area is 236 Å². The number of hydrogen-bond donors (Lipinski definition) is 1. The maximum absolute atomic E-state index is 13.3. The van der Waals surface area contributed by atoms with Crippen molar-refractivity contribution in [2.75, 3.05) is 7.11 Å². The standard InChI is InChI=1S/C35H37N3O2/c1-35(2,3)28-13-11-27(12-14-28)31(21-34(39)37-22-25-17-19-36-20-18-25)32-24-38(33-8-6-5-7-30(32)33)23-26-9-15-29(40-4)16-10-26/h5-20,24,31H,21-23H2,1-4H3,(H,37,39). The van der Waals surface area contributed by atoms with Crippen molar-refractivity contribution in [3.63, 3.8) is 0 Å². The third kappa shape index (κ3) is 6.26. The van der Waals surface area contributed by atoms with Gasteiger partial charge in [-0.05, 0) is 63.6 Å². The number of benzene rings is 3. The number of fused-ring (bicyclic) bond motifs is 1. The van der Waals surface area contributed by atoms with Crippen molar-refractivity contribution in [2.45, 2.75) is 51.6 Å². The first-order chi connectivity index (χ1) is 19.3. The average Bonchev–Trinajstić information content (AvgIpc) is 3.33. The van der Waals surface area contributed by atoms with E-state index in [1.54, 1.807) is 19.5 Å². The molecule has 5 aromatic rings. The lowest BCUT2D eigenvalue weighted by Crippen LogP contribution is -2.25. The number of ether oxygens (including phenoxy) is 1. The zero-order valence-corrected chi connectivity index (χ0v) is 23.7. The fourth-order valence-corrected chi connectivity index (χ4v) is 5.19. The zero-order chi connectivity index (χ0) is 28.1. The Hall–Kier alpha value is -4.38. The number of methoxy groups -OCH3 is 1. The molecule has 0 fully saturated rings. The van der Waals surface area contributed by atoms with E-state index in [1.807, 2.05) is 24.3 Å². The largest absolute Gasteiger partial charge is 0.497 e. The van der Waals surface area contributed by atoms with E-state index in [4.69, 9.17) is 4.74 Å². The first-order valence-corrected chi connectivity index (χ1v) is 13.8. The van der Waals surface area contributed by atoms with Crippen molar-refractivity contribution >= 4 is 16.8 Å². The number of rotatable bonds is 9. The molecular weight excluding hydrogens is 494 g/mol. The van der Waals surface area contributed by atoms with Crippen LogP contribution < -0.4 is 10.1 Å². The van der Waals surface area contributed by atoms with Crippen LogP contribution in [0.25, 0.3) is 10.9 Å². The van der Waals surface area contributed by atoms with Crippen LogP contribution in [0, 0.1) is 0 Å². The second kappa shape index (κ2) is 11.8. The second-order valence-electron chi connectivity index (χ2n) is 11.3. The molecule has 3 aromatic carbocycles. The third-order valence-corrected chi connectivity index (χ3v) is 7.51. The Morgan fingerprint density at radius 1 is 0.900 bits per heavy atom. The molecule has 0 saturated heterocycles. The van der Waals surface area contributed by atoms with Crippen LogP contribution in [-0.4, -0.2) is 22.6 Å². The molecular formula is C35H37N3O2. The lowest BCUT2D eigenvalue weighted by molar-refractivity contribution is -0.121. The van der Waals surface area contributed by atoms with Gasteiger partial charge in [0.25, 0.3) is 0 Å². The van der Waals surface area contributed by atoms with E-state index in [0.717, 1.165) is 34.5 Å². The first kappa shape index (κ1) is 27.2. The minimum atomic E-state index is -0.0894. The van der Waals surface area contributed by atoms with Crippen molar-refractivity contribution in [2.24, 2.45) is 0 Å². The van der Waals surface area contributed by atoms with Gasteiger partial charge < -0.3 is 14.6 Å². The lowest BCUT2D eigenvalue weighted by atomic mass is 9.83. The summed E-state index contributed by atoms with van der Waals surface area (Å²) in [6.45, 7) is 7.88. The highest BCUT2D eigenvalue weighted by molar-refractivity contribution is 5.87. The summed E-state index contributed by atoms with van der Waals surface area (Å²) in [4.78, 5) is 17.4. The molecule has 2 aromatic heterocycles. The van der Waals surface area contributed by atoms with Gasteiger partial charge in [0.05, 0.1) is 7.11 Å². The van der Waals surface area contributed by atoms with E-state index in [1.165, 1.54) is 16.5 Å². The Kier molecular flexibility index (Phi) is 8.01. The highest BCUT2D eigenvalue weighted by Gasteiger charge is 2.24. The van der Waals surface area contributed by atoms with Gasteiger partial charge in [-0.3, -0.25) is 9.78 Å². The van der Waals surface area contributed by atoms with Crippen molar-refractivity contribution in [3.05, 3.63) is 131 Å². The summed E-state index contributed by atoms with van der Waals surface area (Å²) < 4.78 is 7.63. The molecule has 0 bridgehead atoms. The number of aromatic nitrogens is 2. The summed E-state index contributed by atoms with van der Waals surface area (Å²) in [5.41, 5.74) is 7.01. The summed E-state index contributed by atoms with van der Waals surface area (Å²) in [7, 11) is 1.68. The van der Waals surface area contributed by atoms with Crippen LogP contribution in [0.2, 0.25) is 0 Å². The van der Waals surface area contributed by atoms with Crippen LogP contribution in [0.4, 0.5) is 0 Å². The molecule has 5 rings (SSSR count). The van der Waals surface area contributed by atoms with Crippen LogP contribution in [0.1, 0.15) is 60.9 Å². The molecule has 40 heavy (non-hydrogen) atoms. The molecule has 0 radical (unpaired) electrons.